The number of halogens is 3. The standard InChI is InChI=1S/C23H26Cl2FN3O3S/c24-21-4-1-5-22(25)20(21)16-33(31,32)29-10-2-3-17(15-29)23(30)28-13-11-27(12-14-28)19-8-6-18(26)7-9-19/h1,4-9,17H,2-3,10-16H2/t17-/m1/s1. The number of amides is 1. The maximum Gasteiger partial charge on any atom is 0.227 e. The summed E-state index contributed by atoms with van der Waals surface area (Å²) in [5.41, 5.74) is 1.31. The first kappa shape index (κ1) is 24.3. The summed E-state index contributed by atoms with van der Waals surface area (Å²) in [6.07, 6.45) is 1.29. The third kappa shape index (κ3) is 5.62. The minimum atomic E-state index is -3.67. The molecular weight excluding hydrogens is 488 g/mol. The zero-order valence-corrected chi connectivity index (χ0v) is 20.4. The Morgan fingerprint density at radius 2 is 1.61 bits per heavy atom. The first-order valence-corrected chi connectivity index (χ1v) is 13.3. The summed E-state index contributed by atoms with van der Waals surface area (Å²) < 4.78 is 40.7. The summed E-state index contributed by atoms with van der Waals surface area (Å²) in [6, 6.07) is 11.2. The molecule has 0 aliphatic carbocycles. The van der Waals surface area contributed by atoms with Gasteiger partial charge in [-0.1, -0.05) is 29.3 Å². The number of rotatable bonds is 5. The Bertz CT molecular complexity index is 1090. The normalized spacial score (nSPS) is 20.2. The molecular formula is C23H26Cl2FN3O3S. The molecule has 6 nitrogen and oxygen atoms in total. The number of carbonyl (C=O) groups is 1. The van der Waals surface area contributed by atoms with E-state index in [4.69, 9.17) is 23.2 Å². The Labute approximate surface area is 203 Å². The van der Waals surface area contributed by atoms with Crippen LogP contribution in [0.2, 0.25) is 10.0 Å². The molecule has 1 atom stereocenters. The molecule has 0 unspecified atom stereocenters. The molecule has 0 radical (unpaired) electrons. The van der Waals surface area contributed by atoms with Crippen LogP contribution in [0.3, 0.4) is 0 Å². The van der Waals surface area contributed by atoms with Crippen LogP contribution in [0.4, 0.5) is 10.1 Å². The van der Waals surface area contributed by atoms with Crippen molar-refractivity contribution in [2.45, 2.75) is 18.6 Å². The van der Waals surface area contributed by atoms with E-state index in [2.05, 4.69) is 4.90 Å². The average Bonchev–Trinajstić information content (AvgIpc) is 2.82. The highest BCUT2D eigenvalue weighted by Crippen LogP contribution is 2.29. The van der Waals surface area contributed by atoms with E-state index in [0.29, 0.717) is 61.2 Å². The lowest BCUT2D eigenvalue weighted by atomic mass is 9.97. The van der Waals surface area contributed by atoms with Crippen molar-refractivity contribution in [2.75, 3.05) is 44.2 Å². The molecule has 33 heavy (non-hydrogen) atoms. The molecule has 2 aromatic rings. The van der Waals surface area contributed by atoms with E-state index in [9.17, 15) is 17.6 Å². The van der Waals surface area contributed by atoms with Crippen molar-refractivity contribution in [1.82, 2.24) is 9.21 Å². The van der Waals surface area contributed by atoms with Crippen molar-refractivity contribution in [3.05, 3.63) is 63.9 Å². The number of carbonyl (C=O) groups excluding carboxylic acids is 1. The average molecular weight is 514 g/mol. The first-order chi connectivity index (χ1) is 15.7. The fourth-order valence-electron chi connectivity index (χ4n) is 4.44. The second-order valence-corrected chi connectivity index (χ2v) is 11.2. The van der Waals surface area contributed by atoms with E-state index in [1.54, 1.807) is 30.3 Å². The van der Waals surface area contributed by atoms with Gasteiger partial charge in [-0.05, 0) is 49.2 Å². The van der Waals surface area contributed by atoms with E-state index in [1.165, 1.54) is 16.4 Å². The molecule has 0 spiro atoms. The SMILES string of the molecule is O=C([C@@H]1CCCN(S(=O)(=O)Cc2c(Cl)cccc2Cl)C1)N1CCN(c2ccc(F)cc2)CC1. The predicted molar refractivity (Wildman–Crippen MR) is 129 cm³/mol. The molecule has 0 saturated carbocycles. The summed E-state index contributed by atoms with van der Waals surface area (Å²) in [5.74, 6) is -0.943. The second-order valence-electron chi connectivity index (χ2n) is 8.44. The molecule has 4 rings (SSSR count). The largest absolute Gasteiger partial charge is 0.368 e. The third-order valence-corrected chi connectivity index (χ3v) is 8.78. The fraction of sp³-hybridized carbons (Fsp3) is 0.435. The minimum Gasteiger partial charge on any atom is -0.368 e. The van der Waals surface area contributed by atoms with Crippen LogP contribution in [-0.4, -0.2) is 62.8 Å². The van der Waals surface area contributed by atoms with Crippen molar-refractivity contribution < 1.29 is 17.6 Å². The van der Waals surface area contributed by atoms with Crippen LogP contribution in [-0.2, 0) is 20.6 Å². The summed E-state index contributed by atoms with van der Waals surface area (Å²) in [6.45, 7) is 2.95. The lowest BCUT2D eigenvalue weighted by molar-refractivity contribution is -0.137. The van der Waals surface area contributed by atoms with Crippen LogP contribution in [0.15, 0.2) is 42.5 Å². The maximum atomic E-state index is 13.2. The van der Waals surface area contributed by atoms with Gasteiger partial charge in [-0.2, -0.15) is 0 Å². The highest BCUT2D eigenvalue weighted by Gasteiger charge is 2.35. The monoisotopic (exact) mass is 513 g/mol. The number of hydrogen-bond acceptors (Lipinski definition) is 4. The molecule has 2 saturated heterocycles. The zero-order chi connectivity index (χ0) is 23.6. The van der Waals surface area contributed by atoms with Crippen molar-refractivity contribution in [3.63, 3.8) is 0 Å². The van der Waals surface area contributed by atoms with Gasteiger partial charge in [-0.25, -0.2) is 17.1 Å². The Balaban J connectivity index is 1.37. The van der Waals surface area contributed by atoms with Gasteiger partial charge >= 0.3 is 0 Å². The van der Waals surface area contributed by atoms with Crippen molar-refractivity contribution in [1.29, 1.82) is 0 Å². The summed E-state index contributed by atoms with van der Waals surface area (Å²) in [7, 11) is -3.67. The van der Waals surface area contributed by atoms with Gasteiger partial charge in [0.05, 0.1) is 11.7 Å². The van der Waals surface area contributed by atoms with Crippen LogP contribution in [0, 0.1) is 11.7 Å². The van der Waals surface area contributed by atoms with Crippen LogP contribution in [0.5, 0.6) is 0 Å². The zero-order valence-electron chi connectivity index (χ0n) is 18.1. The van der Waals surface area contributed by atoms with Gasteiger partial charge in [0, 0.05) is 60.6 Å². The summed E-state index contributed by atoms with van der Waals surface area (Å²) >= 11 is 12.3. The van der Waals surface area contributed by atoms with Crippen molar-refractivity contribution in [2.24, 2.45) is 5.92 Å². The lowest BCUT2D eigenvalue weighted by Crippen LogP contribution is -2.53. The molecule has 10 heteroatoms. The van der Waals surface area contributed by atoms with Gasteiger partial charge in [0.2, 0.25) is 15.9 Å². The van der Waals surface area contributed by atoms with Crippen molar-refractivity contribution in [3.8, 4) is 0 Å². The molecule has 2 fully saturated rings. The molecule has 2 aliphatic heterocycles. The number of hydrogen-bond donors (Lipinski definition) is 0. The van der Waals surface area contributed by atoms with E-state index in [-0.39, 0.29) is 29.9 Å². The number of anilines is 1. The van der Waals surface area contributed by atoms with E-state index in [0.717, 1.165) is 5.69 Å². The highest BCUT2D eigenvalue weighted by molar-refractivity contribution is 7.88. The molecule has 2 aliphatic rings. The van der Waals surface area contributed by atoms with Gasteiger partial charge in [0.25, 0.3) is 0 Å². The quantitative estimate of drug-likeness (QED) is 0.605. The second kappa shape index (κ2) is 10.2. The Morgan fingerprint density at radius 3 is 2.24 bits per heavy atom. The molecule has 0 bridgehead atoms. The molecule has 2 heterocycles. The van der Waals surface area contributed by atoms with Gasteiger partial charge in [-0.3, -0.25) is 4.79 Å². The smallest absolute Gasteiger partial charge is 0.227 e. The van der Waals surface area contributed by atoms with Gasteiger partial charge in [0.1, 0.15) is 5.82 Å². The summed E-state index contributed by atoms with van der Waals surface area (Å²) in [5, 5.41) is 0.629. The molecule has 178 valence electrons. The minimum absolute atomic E-state index is 0.00979. The van der Waals surface area contributed by atoms with Crippen LogP contribution in [0.25, 0.3) is 0 Å². The van der Waals surface area contributed by atoms with Crippen LogP contribution >= 0.6 is 23.2 Å². The molecule has 2 aromatic carbocycles. The Hall–Kier alpha value is -1.87. The number of piperazine rings is 1. The predicted octanol–water partition coefficient (Wildman–Crippen LogP) is 4.02. The molecule has 1 amide bonds. The highest BCUT2D eigenvalue weighted by atomic mass is 35.5. The van der Waals surface area contributed by atoms with Gasteiger partial charge in [-0.15, -0.1) is 0 Å². The van der Waals surface area contributed by atoms with Crippen molar-refractivity contribution >= 4 is 44.8 Å². The lowest BCUT2D eigenvalue weighted by Gasteiger charge is -2.39. The number of sulfonamides is 1. The van der Waals surface area contributed by atoms with E-state index in [1.807, 2.05) is 4.90 Å². The molecule has 0 aromatic heterocycles. The molecule has 0 N–H and O–H groups in total. The maximum absolute atomic E-state index is 13.2. The van der Waals surface area contributed by atoms with Crippen LogP contribution in [0.1, 0.15) is 18.4 Å². The first-order valence-electron chi connectivity index (χ1n) is 10.9. The summed E-state index contributed by atoms with van der Waals surface area (Å²) in [4.78, 5) is 17.1. The van der Waals surface area contributed by atoms with E-state index >= 15 is 0 Å². The Kier molecular flexibility index (Phi) is 7.48. The topological polar surface area (TPSA) is 60.9 Å². The number of benzene rings is 2. The van der Waals surface area contributed by atoms with Gasteiger partial charge < -0.3 is 9.80 Å². The Morgan fingerprint density at radius 1 is 0.970 bits per heavy atom. The third-order valence-electron chi connectivity index (χ3n) is 6.30. The fourth-order valence-corrected chi connectivity index (χ4v) is 6.80. The van der Waals surface area contributed by atoms with Gasteiger partial charge in [0.15, 0.2) is 0 Å². The number of piperidine rings is 1. The van der Waals surface area contributed by atoms with E-state index < -0.39 is 10.0 Å². The van der Waals surface area contributed by atoms with Crippen LogP contribution < -0.4 is 4.90 Å². The number of nitrogens with zero attached hydrogens (tertiary/aromatic N) is 3.